The van der Waals surface area contributed by atoms with Gasteiger partial charge in [0.05, 0.1) is 20.4 Å². The Labute approximate surface area is 133 Å². The summed E-state index contributed by atoms with van der Waals surface area (Å²) < 4.78 is 7.29. The number of benzene rings is 1. The number of anilines is 1. The normalized spacial score (nSPS) is 10.5. The summed E-state index contributed by atoms with van der Waals surface area (Å²) in [5.74, 6) is 0.712. The van der Waals surface area contributed by atoms with E-state index in [0.717, 1.165) is 4.47 Å². The average molecular weight is 455 g/mol. The highest BCUT2D eigenvalue weighted by Gasteiger charge is 2.12. The molecule has 0 spiro atoms. The lowest BCUT2D eigenvalue weighted by atomic mass is 10.3. The number of nitro benzene ring substituents is 1. The first kappa shape index (κ1) is 14.5. The van der Waals surface area contributed by atoms with E-state index in [1.807, 2.05) is 6.07 Å². The molecule has 0 aliphatic carbocycles. The number of furan rings is 1. The molecule has 0 aliphatic heterocycles. The fourth-order valence-electron chi connectivity index (χ4n) is 1.43. The lowest BCUT2D eigenvalue weighted by Gasteiger charge is -2.04. The molecule has 0 saturated carbocycles. The van der Waals surface area contributed by atoms with Crippen LogP contribution in [0.15, 0.2) is 42.3 Å². The van der Waals surface area contributed by atoms with Gasteiger partial charge in [-0.3, -0.25) is 10.1 Å². The van der Waals surface area contributed by atoms with Gasteiger partial charge < -0.3 is 9.73 Å². The van der Waals surface area contributed by atoms with E-state index in [9.17, 15) is 10.1 Å². The van der Waals surface area contributed by atoms with Crippen LogP contribution in [0, 0.1) is 10.1 Å². The van der Waals surface area contributed by atoms with E-state index in [2.05, 4.69) is 53.1 Å². The van der Waals surface area contributed by atoms with Crippen LogP contribution in [0.1, 0.15) is 5.76 Å². The van der Waals surface area contributed by atoms with Gasteiger partial charge in [-0.2, -0.15) is 0 Å². The summed E-state index contributed by atoms with van der Waals surface area (Å²) in [5, 5.41) is 13.9. The summed E-state index contributed by atoms with van der Waals surface area (Å²) >= 11 is 9.70. The van der Waals surface area contributed by atoms with Gasteiger partial charge in [0.25, 0.3) is 5.69 Å². The van der Waals surface area contributed by atoms with Crippen LogP contribution in [0.2, 0.25) is 0 Å². The Morgan fingerprint density at radius 1 is 1.21 bits per heavy atom. The second kappa shape index (κ2) is 6.06. The summed E-state index contributed by atoms with van der Waals surface area (Å²) in [4.78, 5) is 10.4. The fourth-order valence-corrected chi connectivity index (χ4v) is 2.48. The predicted molar refractivity (Wildman–Crippen MR) is 82.2 cm³/mol. The van der Waals surface area contributed by atoms with E-state index >= 15 is 0 Å². The molecule has 0 fully saturated rings. The summed E-state index contributed by atoms with van der Waals surface area (Å²) in [6, 6.07) is 6.68. The third-order valence-electron chi connectivity index (χ3n) is 2.31. The Hall–Kier alpha value is -0.860. The molecule has 0 unspecified atom stereocenters. The Morgan fingerprint density at radius 3 is 2.53 bits per heavy atom. The van der Waals surface area contributed by atoms with Crippen molar-refractivity contribution in [3.63, 3.8) is 0 Å². The SMILES string of the molecule is O=[N+]([O-])c1cc(NCc2cc(Br)c(Br)o2)ccc1Br. The van der Waals surface area contributed by atoms with Crippen molar-refractivity contribution in [2.75, 3.05) is 5.32 Å². The molecule has 1 N–H and O–H groups in total. The number of hydrogen-bond donors (Lipinski definition) is 1. The largest absolute Gasteiger partial charge is 0.451 e. The smallest absolute Gasteiger partial charge is 0.285 e. The molecule has 8 heteroatoms. The minimum atomic E-state index is -0.435. The Kier molecular flexibility index (Phi) is 4.64. The molecule has 2 aromatic rings. The number of nitrogens with one attached hydrogen (secondary N) is 1. The van der Waals surface area contributed by atoms with Gasteiger partial charge in [-0.1, -0.05) is 0 Å². The topological polar surface area (TPSA) is 68.3 Å². The van der Waals surface area contributed by atoms with Crippen molar-refractivity contribution in [3.8, 4) is 0 Å². The fraction of sp³-hybridized carbons (Fsp3) is 0.0909. The molecule has 1 heterocycles. The predicted octanol–water partition coefficient (Wildman–Crippen LogP) is 5.09. The lowest BCUT2D eigenvalue weighted by molar-refractivity contribution is -0.385. The lowest BCUT2D eigenvalue weighted by Crippen LogP contribution is -1.99. The maximum absolute atomic E-state index is 10.8. The van der Waals surface area contributed by atoms with Crippen molar-refractivity contribution in [2.24, 2.45) is 0 Å². The van der Waals surface area contributed by atoms with Gasteiger partial charge in [-0.15, -0.1) is 0 Å². The minimum absolute atomic E-state index is 0.0202. The van der Waals surface area contributed by atoms with Crippen molar-refractivity contribution in [2.45, 2.75) is 6.54 Å². The van der Waals surface area contributed by atoms with Crippen LogP contribution in [-0.4, -0.2) is 4.92 Å². The second-order valence-electron chi connectivity index (χ2n) is 3.61. The van der Waals surface area contributed by atoms with Crippen molar-refractivity contribution < 1.29 is 9.34 Å². The highest BCUT2D eigenvalue weighted by Crippen LogP contribution is 2.29. The molecule has 0 aliphatic rings. The van der Waals surface area contributed by atoms with Gasteiger partial charge in [0, 0.05) is 11.8 Å². The van der Waals surface area contributed by atoms with Crippen molar-refractivity contribution in [1.29, 1.82) is 0 Å². The van der Waals surface area contributed by atoms with E-state index in [0.29, 0.717) is 27.1 Å². The van der Waals surface area contributed by atoms with Crippen molar-refractivity contribution in [1.82, 2.24) is 0 Å². The molecular weight excluding hydrogens is 448 g/mol. The first-order chi connectivity index (χ1) is 8.97. The van der Waals surface area contributed by atoms with Gasteiger partial charge in [0.15, 0.2) is 4.67 Å². The zero-order chi connectivity index (χ0) is 14.0. The van der Waals surface area contributed by atoms with Crippen LogP contribution >= 0.6 is 47.8 Å². The van der Waals surface area contributed by atoms with Crippen molar-refractivity contribution >= 4 is 59.2 Å². The van der Waals surface area contributed by atoms with Gasteiger partial charge in [-0.05, 0) is 66.0 Å². The molecule has 100 valence electrons. The van der Waals surface area contributed by atoms with Gasteiger partial charge in [0.1, 0.15) is 5.76 Å². The average Bonchev–Trinajstić information content (AvgIpc) is 2.67. The van der Waals surface area contributed by atoms with Crippen LogP contribution < -0.4 is 5.32 Å². The van der Waals surface area contributed by atoms with Crippen LogP contribution in [-0.2, 0) is 6.54 Å². The molecule has 0 radical (unpaired) electrons. The van der Waals surface area contributed by atoms with Crippen LogP contribution in [0.4, 0.5) is 11.4 Å². The number of hydrogen-bond acceptors (Lipinski definition) is 4. The molecule has 0 atom stereocenters. The quantitative estimate of drug-likeness (QED) is 0.516. The molecule has 5 nitrogen and oxygen atoms in total. The van der Waals surface area contributed by atoms with Crippen LogP contribution in [0.3, 0.4) is 0 Å². The second-order valence-corrected chi connectivity index (χ2v) is 6.04. The maximum Gasteiger partial charge on any atom is 0.285 e. The number of halogens is 3. The highest BCUT2D eigenvalue weighted by atomic mass is 79.9. The Bertz CT molecular complexity index is 608. The molecule has 1 aromatic heterocycles. The maximum atomic E-state index is 10.8. The standard InChI is InChI=1S/C11H7Br3N2O3/c12-8-2-1-6(3-10(8)16(17)18)15-5-7-4-9(13)11(14)19-7/h1-4,15H,5H2. The summed E-state index contributed by atoms with van der Waals surface area (Å²) in [5.41, 5.74) is 0.672. The molecule has 0 amide bonds. The molecule has 0 saturated heterocycles. The monoisotopic (exact) mass is 452 g/mol. The number of nitro groups is 1. The molecule has 2 rings (SSSR count). The zero-order valence-electron chi connectivity index (χ0n) is 9.32. The first-order valence-electron chi connectivity index (χ1n) is 5.09. The summed E-state index contributed by atoms with van der Waals surface area (Å²) in [6.07, 6.45) is 0. The first-order valence-corrected chi connectivity index (χ1v) is 7.47. The van der Waals surface area contributed by atoms with E-state index in [-0.39, 0.29) is 5.69 Å². The van der Waals surface area contributed by atoms with Crippen LogP contribution in [0.25, 0.3) is 0 Å². The zero-order valence-corrected chi connectivity index (χ0v) is 14.1. The molecule has 1 aromatic carbocycles. The molecular formula is C11H7Br3N2O3. The van der Waals surface area contributed by atoms with E-state index < -0.39 is 4.92 Å². The third kappa shape index (κ3) is 3.58. The molecule has 19 heavy (non-hydrogen) atoms. The summed E-state index contributed by atoms with van der Waals surface area (Å²) in [6.45, 7) is 0.434. The van der Waals surface area contributed by atoms with Crippen LogP contribution in [0.5, 0.6) is 0 Å². The van der Waals surface area contributed by atoms with E-state index in [1.165, 1.54) is 6.07 Å². The van der Waals surface area contributed by atoms with Gasteiger partial charge in [-0.25, -0.2) is 0 Å². The van der Waals surface area contributed by atoms with Gasteiger partial charge >= 0.3 is 0 Å². The number of nitrogens with zero attached hydrogens (tertiary/aromatic N) is 1. The van der Waals surface area contributed by atoms with E-state index in [1.54, 1.807) is 12.1 Å². The highest BCUT2D eigenvalue weighted by molar-refractivity contribution is 9.13. The number of rotatable bonds is 4. The molecule has 0 bridgehead atoms. The Morgan fingerprint density at radius 2 is 1.95 bits per heavy atom. The minimum Gasteiger partial charge on any atom is -0.451 e. The van der Waals surface area contributed by atoms with Gasteiger partial charge in [0.2, 0.25) is 0 Å². The van der Waals surface area contributed by atoms with E-state index in [4.69, 9.17) is 4.42 Å². The summed E-state index contributed by atoms with van der Waals surface area (Å²) in [7, 11) is 0. The third-order valence-corrected chi connectivity index (χ3v) is 4.69. The van der Waals surface area contributed by atoms with Crippen molar-refractivity contribution in [3.05, 3.63) is 53.8 Å². The Balaban J connectivity index is 2.11.